The van der Waals surface area contributed by atoms with Crippen LogP contribution in [0.1, 0.15) is 29.4 Å². The number of thiazole rings is 1. The Morgan fingerprint density at radius 1 is 1.41 bits per heavy atom. The zero-order chi connectivity index (χ0) is 12.4. The van der Waals surface area contributed by atoms with E-state index >= 15 is 0 Å². The van der Waals surface area contributed by atoms with Crippen LogP contribution in [0.5, 0.6) is 0 Å². The van der Waals surface area contributed by atoms with E-state index in [9.17, 15) is 13.6 Å². The summed E-state index contributed by atoms with van der Waals surface area (Å²) in [5, 5.41) is 2.21. The van der Waals surface area contributed by atoms with Gasteiger partial charge in [0.1, 0.15) is 10.7 Å². The minimum atomic E-state index is -2.50. The number of nitrogens with zero attached hydrogens (tertiary/aromatic N) is 1. The molecule has 0 aliphatic carbocycles. The first-order valence-corrected chi connectivity index (χ1v) is 5.81. The zero-order valence-electron chi connectivity index (χ0n) is 8.98. The normalized spacial score (nSPS) is 10.8. The Balaban J connectivity index is 2.38. The fourth-order valence-electron chi connectivity index (χ4n) is 1.38. The molecule has 2 rings (SSSR count). The molecule has 0 atom stereocenters. The lowest BCUT2D eigenvalue weighted by Crippen LogP contribution is -1.91. The highest BCUT2D eigenvalue weighted by atomic mass is 32.1. The van der Waals surface area contributed by atoms with Crippen LogP contribution in [0.25, 0.3) is 10.6 Å². The second-order valence-corrected chi connectivity index (χ2v) is 4.38. The summed E-state index contributed by atoms with van der Waals surface area (Å²) in [7, 11) is 0. The van der Waals surface area contributed by atoms with Gasteiger partial charge in [0, 0.05) is 23.4 Å². The van der Waals surface area contributed by atoms with E-state index in [4.69, 9.17) is 0 Å². The van der Waals surface area contributed by atoms with E-state index in [1.807, 2.05) is 0 Å². The fraction of sp³-hybridized carbons (Fsp3) is 0.167. The molecular weight excluding hydrogens is 244 g/mol. The van der Waals surface area contributed by atoms with Crippen molar-refractivity contribution in [3.05, 3.63) is 40.9 Å². The van der Waals surface area contributed by atoms with Crippen LogP contribution in [0, 0.1) is 0 Å². The molecule has 0 spiro atoms. The number of carbonyl (C=O) groups is 1. The first-order valence-electron chi connectivity index (χ1n) is 4.93. The summed E-state index contributed by atoms with van der Waals surface area (Å²) in [6.45, 7) is 1.43. The van der Waals surface area contributed by atoms with E-state index in [2.05, 4.69) is 4.98 Å². The lowest BCUT2D eigenvalue weighted by molar-refractivity contribution is 0.101. The van der Waals surface area contributed by atoms with Gasteiger partial charge in [-0.2, -0.15) is 0 Å². The third kappa shape index (κ3) is 2.55. The van der Waals surface area contributed by atoms with E-state index in [0.29, 0.717) is 16.3 Å². The van der Waals surface area contributed by atoms with E-state index < -0.39 is 6.43 Å². The molecule has 1 aromatic heterocycles. The number of carbonyl (C=O) groups excluding carboxylic acids is 1. The van der Waals surface area contributed by atoms with Crippen molar-refractivity contribution in [3.63, 3.8) is 0 Å². The minimum absolute atomic E-state index is 0.0397. The molecule has 0 fully saturated rings. The summed E-state index contributed by atoms with van der Waals surface area (Å²) >= 11 is 1.27. The molecule has 17 heavy (non-hydrogen) atoms. The van der Waals surface area contributed by atoms with Gasteiger partial charge in [-0.05, 0) is 6.07 Å². The van der Waals surface area contributed by atoms with Gasteiger partial charge in [-0.25, -0.2) is 13.8 Å². The molecule has 0 bridgehead atoms. The van der Waals surface area contributed by atoms with Gasteiger partial charge in [-0.15, -0.1) is 11.3 Å². The first-order chi connectivity index (χ1) is 8.08. The van der Waals surface area contributed by atoms with Crippen LogP contribution < -0.4 is 0 Å². The summed E-state index contributed by atoms with van der Waals surface area (Å²) in [5.74, 6) is -0.127. The lowest BCUT2D eigenvalue weighted by atomic mass is 10.1. The van der Waals surface area contributed by atoms with Crippen molar-refractivity contribution in [2.45, 2.75) is 13.3 Å². The number of halogens is 2. The number of hydrogen-bond donors (Lipinski definition) is 0. The van der Waals surface area contributed by atoms with Gasteiger partial charge in [0.05, 0.1) is 0 Å². The number of ketones is 1. The average Bonchev–Trinajstić information content (AvgIpc) is 2.78. The molecule has 0 aliphatic rings. The molecule has 88 valence electrons. The summed E-state index contributed by atoms with van der Waals surface area (Å²) in [4.78, 5) is 15.2. The zero-order valence-corrected chi connectivity index (χ0v) is 9.80. The monoisotopic (exact) mass is 253 g/mol. The van der Waals surface area contributed by atoms with Crippen molar-refractivity contribution in [3.8, 4) is 10.6 Å². The van der Waals surface area contributed by atoms with Crippen LogP contribution in [-0.4, -0.2) is 10.8 Å². The van der Waals surface area contributed by atoms with Crippen LogP contribution >= 0.6 is 11.3 Å². The third-order valence-electron chi connectivity index (χ3n) is 2.25. The molecule has 0 saturated heterocycles. The first kappa shape index (κ1) is 11.9. The Morgan fingerprint density at radius 3 is 2.76 bits per heavy atom. The maximum absolute atomic E-state index is 12.5. The second kappa shape index (κ2) is 4.71. The smallest absolute Gasteiger partial charge is 0.263 e. The quantitative estimate of drug-likeness (QED) is 0.775. The van der Waals surface area contributed by atoms with E-state index in [1.165, 1.54) is 30.4 Å². The van der Waals surface area contributed by atoms with Gasteiger partial charge in [-0.1, -0.05) is 18.2 Å². The molecule has 0 unspecified atom stereocenters. The number of Topliss-reactive ketones (excluding diaryl/α,β-unsaturated/α-hetero) is 1. The Hall–Kier alpha value is -1.62. The van der Waals surface area contributed by atoms with Crippen molar-refractivity contribution in [1.82, 2.24) is 4.98 Å². The highest BCUT2D eigenvalue weighted by Crippen LogP contribution is 2.27. The van der Waals surface area contributed by atoms with Crippen molar-refractivity contribution in [2.24, 2.45) is 0 Å². The van der Waals surface area contributed by atoms with Gasteiger partial charge >= 0.3 is 0 Å². The van der Waals surface area contributed by atoms with Gasteiger partial charge < -0.3 is 0 Å². The van der Waals surface area contributed by atoms with Crippen LogP contribution in [0.3, 0.4) is 0 Å². The number of benzene rings is 1. The van der Waals surface area contributed by atoms with Gasteiger partial charge in [0.15, 0.2) is 5.78 Å². The van der Waals surface area contributed by atoms with E-state index in [0.717, 1.165) is 0 Å². The number of rotatable bonds is 3. The van der Waals surface area contributed by atoms with Crippen molar-refractivity contribution < 1.29 is 13.6 Å². The molecule has 2 aromatic rings. The highest BCUT2D eigenvalue weighted by molar-refractivity contribution is 7.13. The van der Waals surface area contributed by atoms with Crippen molar-refractivity contribution in [1.29, 1.82) is 0 Å². The van der Waals surface area contributed by atoms with Crippen molar-refractivity contribution in [2.75, 3.05) is 0 Å². The van der Waals surface area contributed by atoms with Crippen LogP contribution in [-0.2, 0) is 0 Å². The molecule has 0 radical (unpaired) electrons. The number of alkyl halides is 2. The molecule has 0 N–H and O–H groups in total. The summed E-state index contributed by atoms with van der Waals surface area (Å²) in [6, 6.07) is 6.03. The van der Waals surface area contributed by atoms with E-state index in [-0.39, 0.29) is 11.3 Å². The number of hydrogen-bond acceptors (Lipinski definition) is 3. The molecular formula is C12H9F2NOS. The molecule has 0 saturated carbocycles. The minimum Gasteiger partial charge on any atom is -0.293 e. The molecule has 1 aromatic carbocycles. The largest absolute Gasteiger partial charge is 0.293 e. The molecule has 1 heterocycles. The Morgan fingerprint density at radius 2 is 2.18 bits per heavy atom. The molecule has 0 aliphatic heterocycles. The lowest BCUT2D eigenvalue weighted by Gasteiger charge is -2.01. The average molecular weight is 253 g/mol. The Kier molecular flexibility index (Phi) is 3.28. The second-order valence-electron chi connectivity index (χ2n) is 3.52. The van der Waals surface area contributed by atoms with Crippen LogP contribution in [0.4, 0.5) is 8.78 Å². The molecule has 2 nitrogen and oxygen atoms in total. The standard InChI is InChI=1S/C12H9F2NOS/c1-7(16)10-6-17-12(15-10)9-4-2-3-8(5-9)11(13)14/h2-6,11H,1H3. The van der Waals surface area contributed by atoms with Crippen LogP contribution in [0.2, 0.25) is 0 Å². The van der Waals surface area contributed by atoms with E-state index in [1.54, 1.807) is 17.5 Å². The summed E-state index contributed by atoms with van der Waals surface area (Å²) < 4.78 is 25.1. The maximum Gasteiger partial charge on any atom is 0.263 e. The maximum atomic E-state index is 12.5. The van der Waals surface area contributed by atoms with Gasteiger partial charge in [-0.3, -0.25) is 4.79 Å². The number of aromatic nitrogens is 1. The van der Waals surface area contributed by atoms with Crippen molar-refractivity contribution >= 4 is 17.1 Å². The van der Waals surface area contributed by atoms with Gasteiger partial charge in [0.25, 0.3) is 6.43 Å². The third-order valence-corrected chi connectivity index (χ3v) is 3.14. The Labute approximate surface area is 101 Å². The Bertz CT molecular complexity index is 551. The van der Waals surface area contributed by atoms with Gasteiger partial charge in [0.2, 0.25) is 0 Å². The highest BCUT2D eigenvalue weighted by Gasteiger charge is 2.11. The predicted octanol–water partition coefficient (Wildman–Crippen LogP) is 3.95. The molecule has 0 amide bonds. The summed E-state index contributed by atoms with van der Waals surface area (Å²) in [5.41, 5.74) is 0.940. The SMILES string of the molecule is CC(=O)c1csc(-c2cccc(C(F)F)c2)n1. The predicted molar refractivity (Wildman–Crippen MR) is 62.5 cm³/mol. The summed E-state index contributed by atoms with van der Waals surface area (Å²) in [6.07, 6.45) is -2.50. The topological polar surface area (TPSA) is 30.0 Å². The van der Waals surface area contributed by atoms with Crippen LogP contribution in [0.15, 0.2) is 29.6 Å². The fourth-order valence-corrected chi connectivity index (χ4v) is 2.23. The molecule has 5 heteroatoms.